The Morgan fingerprint density at radius 1 is 1.05 bits per heavy atom. The number of nitrogens with zero attached hydrogens (tertiary/aromatic N) is 5. The Hall–Kier alpha value is -3.39. The molecule has 3 aromatic rings. The normalized spacial score (nSPS) is 20.8. The second-order valence-corrected chi connectivity index (χ2v) is 11.7. The Kier molecular flexibility index (Phi) is 8.74. The largest absolute Gasteiger partial charge is 0.343 e. The zero-order chi connectivity index (χ0) is 28.1. The van der Waals surface area contributed by atoms with Crippen molar-refractivity contribution in [2.45, 2.75) is 77.4 Å². The van der Waals surface area contributed by atoms with Crippen LogP contribution in [0.5, 0.6) is 0 Å². The van der Waals surface area contributed by atoms with Crippen molar-refractivity contribution in [2.24, 2.45) is 0 Å². The summed E-state index contributed by atoms with van der Waals surface area (Å²) in [4.78, 5) is 11.5. The number of allylic oxidation sites excluding steroid dienone is 5. The molecular formula is C33H41N5O2. The van der Waals surface area contributed by atoms with E-state index < -0.39 is 6.41 Å². The molecule has 0 radical (unpaired) electrons. The molecule has 0 amide bonds. The molecule has 0 spiro atoms. The van der Waals surface area contributed by atoms with Gasteiger partial charge < -0.3 is 9.47 Å². The van der Waals surface area contributed by atoms with Gasteiger partial charge >= 0.3 is 0 Å². The smallest absolute Gasteiger partial charge is 0.250 e. The minimum absolute atomic E-state index is 0.202. The van der Waals surface area contributed by atoms with Gasteiger partial charge in [0.05, 0.1) is 17.0 Å². The van der Waals surface area contributed by atoms with Crippen LogP contribution in [0.2, 0.25) is 0 Å². The zero-order valence-electron chi connectivity index (χ0n) is 24.3. The summed E-state index contributed by atoms with van der Waals surface area (Å²) in [6.45, 7) is 9.11. The van der Waals surface area contributed by atoms with Crippen molar-refractivity contribution < 1.29 is 9.47 Å². The van der Waals surface area contributed by atoms with Crippen molar-refractivity contribution >= 4 is 0 Å². The van der Waals surface area contributed by atoms with Gasteiger partial charge in [-0.15, -0.1) is 0 Å². The van der Waals surface area contributed by atoms with E-state index in [1.54, 1.807) is 19.5 Å². The Morgan fingerprint density at radius 2 is 1.82 bits per heavy atom. The van der Waals surface area contributed by atoms with Gasteiger partial charge in [-0.1, -0.05) is 65.8 Å². The molecule has 1 fully saturated rings. The molecule has 7 heteroatoms. The Morgan fingerprint density at radius 3 is 2.55 bits per heavy atom. The number of likely N-dealkylation sites (tertiary alicyclic amines) is 1. The molecule has 1 saturated heterocycles. The molecule has 3 heterocycles. The van der Waals surface area contributed by atoms with E-state index in [0.29, 0.717) is 12.0 Å². The molecule has 0 saturated carbocycles. The molecule has 2 aromatic heterocycles. The fraction of sp³-hybridized carbons (Fsp3) is 0.424. The maximum absolute atomic E-state index is 6.46. The van der Waals surface area contributed by atoms with Crippen LogP contribution in [0.25, 0.3) is 17.2 Å². The molecule has 0 N–H and O–H groups in total. The maximum atomic E-state index is 6.46. The number of piperidine rings is 1. The number of aryl methyl sites for hydroxylation is 1. The van der Waals surface area contributed by atoms with Crippen molar-refractivity contribution in [1.82, 2.24) is 24.6 Å². The number of methoxy groups -OCH3 is 1. The zero-order valence-corrected chi connectivity index (χ0v) is 24.3. The van der Waals surface area contributed by atoms with Gasteiger partial charge in [-0.3, -0.25) is 4.90 Å². The first-order chi connectivity index (χ1) is 19.3. The van der Waals surface area contributed by atoms with Gasteiger partial charge in [-0.05, 0) is 65.5 Å². The van der Waals surface area contributed by atoms with Crippen molar-refractivity contribution in [3.63, 3.8) is 0 Å². The summed E-state index contributed by atoms with van der Waals surface area (Å²) in [6.07, 6.45) is 18.0. The second-order valence-electron chi connectivity index (χ2n) is 11.7. The lowest BCUT2D eigenvalue weighted by Crippen LogP contribution is -2.52. The van der Waals surface area contributed by atoms with Gasteiger partial charge in [0.1, 0.15) is 0 Å². The van der Waals surface area contributed by atoms with Crippen LogP contribution < -0.4 is 0 Å². The molecule has 2 aliphatic rings. The standard InChI is InChI=1S/C33H41N5O2/c1-24-13-15-26(16-14-24)29-22-30(38(36-29)31-34-19-10-20-35-31)27-17-18-28(21-25-11-8-6-7-9-12-25)37(23-27)32(39-5)40-33(2,3)4/h6-8,10-16,19-20,22,27-28,32H,9,17-18,21,23H2,1-5H3. The lowest BCUT2D eigenvalue weighted by molar-refractivity contribution is -0.266. The quantitative estimate of drug-likeness (QED) is 0.295. The first-order valence-electron chi connectivity index (χ1n) is 14.2. The number of rotatable bonds is 8. The van der Waals surface area contributed by atoms with E-state index in [9.17, 15) is 0 Å². The first-order valence-corrected chi connectivity index (χ1v) is 14.2. The van der Waals surface area contributed by atoms with E-state index in [0.717, 1.165) is 49.2 Å². The van der Waals surface area contributed by atoms with E-state index in [-0.39, 0.29) is 11.5 Å². The fourth-order valence-electron chi connectivity index (χ4n) is 5.49. The van der Waals surface area contributed by atoms with Crippen molar-refractivity contribution in [2.75, 3.05) is 13.7 Å². The van der Waals surface area contributed by atoms with E-state index in [4.69, 9.17) is 14.6 Å². The Labute approximate surface area is 238 Å². The average Bonchev–Trinajstić information content (AvgIpc) is 3.23. The van der Waals surface area contributed by atoms with Gasteiger partial charge in [-0.2, -0.15) is 5.10 Å². The molecule has 40 heavy (non-hydrogen) atoms. The molecule has 3 atom stereocenters. The summed E-state index contributed by atoms with van der Waals surface area (Å²) < 4.78 is 14.4. The van der Waals surface area contributed by atoms with Crippen LogP contribution in [0.4, 0.5) is 0 Å². The van der Waals surface area contributed by atoms with Gasteiger partial charge in [0, 0.05) is 43.6 Å². The highest BCUT2D eigenvalue weighted by Gasteiger charge is 2.38. The maximum Gasteiger partial charge on any atom is 0.250 e. The first kappa shape index (κ1) is 28.1. The third kappa shape index (κ3) is 6.84. The van der Waals surface area contributed by atoms with E-state index in [1.165, 1.54) is 11.1 Å². The number of benzene rings is 1. The summed E-state index contributed by atoms with van der Waals surface area (Å²) >= 11 is 0. The topological polar surface area (TPSA) is 65.3 Å². The summed E-state index contributed by atoms with van der Waals surface area (Å²) in [7, 11) is 1.74. The number of aromatic nitrogens is 4. The van der Waals surface area contributed by atoms with Crippen LogP contribution in [0.3, 0.4) is 0 Å². The molecule has 1 aromatic carbocycles. The fourth-order valence-corrected chi connectivity index (χ4v) is 5.49. The van der Waals surface area contributed by atoms with Gasteiger partial charge in [-0.25, -0.2) is 14.6 Å². The summed E-state index contributed by atoms with van der Waals surface area (Å²) in [5.74, 6) is 0.785. The highest BCUT2D eigenvalue weighted by atomic mass is 16.7. The predicted molar refractivity (Wildman–Crippen MR) is 159 cm³/mol. The van der Waals surface area contributed by atoms with Crippen LogP contribution in [-0.4, -0.2) is 56.4 Å². The third-order valence-corrected chi connectivity index (χ3v) is 7.46. The average molecular weight is 540 g/mol. The summed E-state index contributed by atoms with van der Waals surface area (Å²) in [6, 6.07) is 12.8. The molecule has 3 unspecified atom stereocenters. The monoisotopic (exact) mass is 539 g/mol. The van der Waals surface area contributed by atoms with Crippen LogP contribution in [0, 0.1) is 6.92 Å². The lowest BCUT2D eigenvalue weighted by Gasteiger charge is -2.44. The summed E-state index contributed by atoms with van der Waals surface area (Å²) in [5.41, 5.74) is 5.34. The molecule has 1 aliphatic heterocycles. The van der Waals surface area contributed by atoms with Gasteiger partial charge in [0.25, 0.3) is 5.95 Å². The van der Waals surface area contributed by atoms with Gasteiger partial charge in [0.15, 0.2) is 0 Å². The minimum atomic E-state index is -0.456. The number of ether oxygens (including phenoxy) is 2. The summed E-state index contributed by atoms with van der Waals surface area (Å²) in [5, 5.41) is 5.01. The van der Waals surface area contributed by atoms with Crippen molar-refractivity contribution in [3.8, 4) is 17.2 Å². The van der Waals surface area contributed by atoms with Crippen LogP contribution in [0.1, 0.15) is 63.6 Å². The highest BCUT2D eigenvalue weighted by Crippen LogP contribution is 2.37. The van der Waals surface area contributed by atoms with Gasteiger partial charge in [0.2, 0.25) is 6.41 Å². The highest BCUT2D eigenvalue weighted by molar-refractivity contribution is 5.60. The molecule has 5 rings (SSSR count). The third-order valence-electron chi connectivity index (χ3n) is 7.46. The van der Waals surface area contributed by atoms with Crippen LogP contribution in [0.15, 0.2) is 84.7 Å². The van der Waals surface area contributed by atoms with Crippen molar-refractivity contribution in [3.05, 3.63) is 96.0 Å². The number of hydrogen-bond acceptors (Lipinski definition) is 6. The SMILES string of the molecule is COC(OC(C)(C)C)N1CC(c2cc(-c3ccc(C)cc3)nn2-c2ncccn2)CCC1CC1=CCC=CC=C1. The predicted octanol–water partition coefficient (Wildman–Crippen LogP) is 6.76. The van der Waals surface area contributed by atoms with E-state index >= 15 is 0 Å². The van der Waals surface area contributed by atoms with Crippen molar-refractivity contribution in [1.29, 1.82) is 0 Å². The van der Waals surface area contributed by atoms with Crippen LogP contribution >= 0.6 is 0 Å². The van der Waals surface area contributed by atoms with E-state index in [1.807, 2.05) is 10.7 Å². The second kappa shape index (κ2) is 12.4. The lowest BCUT2D eigenvalue weighted by atomic mass is 9.87. The Balaban J connectivity index is 1.49. The molecule has 210 valence electrons. The molecule has 1 aliphatic carbocycles. The molecule has 7 nitrogen and oxygen atoms in total. The number of hydrogen-bond donors (Lipinski definition) is 0. The van der Waals surface area contributed by atoms with Crippen LogP contribution in [-0.2, 0) is 9.47 Å². The molecular weight excluding hydrogens is 498 g/mol. The minimum Gasteiger partial charge on any atom is -0.343 e. The molecule has 0 bridgehead atoms. The Bertz CT molecular complexity index is 1350. The van der Waals surface area contributed by atoms with E-state index in [2.05, 4.69) is 103 Å².